The standard InChI is InChI=1S/C12H18BrNS/c1-5-9-8-10(13)6-7-11(9)15-14-12(2,3)4/h6-8,14H,5H2,1-4H3. The van der Waals surface area contributed by atoms with Crippen LogP contribution < -0.4 is 4.72 Å². The summed E-state index contributed by atoms with van der Waals surface area (Å²) in [5, 5.41) is 0. The van der Waals surface area contributed by atoms with E-state index in [4.69, 9.17) is 0 Å². The van der Waals surface area contributed by atoms with E-state index in [1.165, 1.54) is 10.5 Å². The Kier molecular flexibility index (Phi) is 4.68. The molecule has 1 N–H and O–H groups in total. The lowest BCUT2D eigenvalue weighted by molar-refractivity contribution is 0.535. The van der Waals surface area contributed by atoms with E-state index in [0.717, 1.165) is 10.9 Å². The van der Waals surface area contributed by atoms with Crippen molar-refractivity contribution in [2.24, 2.45) is 0 Å². The first kappa shape index (κ1) is 13.1. The molecular weight excluding hydrogens is 270 g/mol. The summed E-state index contributed by atoms with van der Waals surface area (Å²) in [5.74, 6) is 0. The number of nitrogens with one attached hydrogen (secondary N) is 1. The second kappa shape index (κ2) is 5.37. The molecule has 0 saturated carbocycles. The smallest absolute Gasteiger partial charge is 0.0260 e. The van der Waals surface area contributed by atoms with Gasteiger partial charge in [-0.15, -0.1) is 0 Å². The molecule has 0 amide bonds. The van der Waals surface area contributed by atoms with Gasteiger partial charge >= 0.3 is 0 Å². The highest BCUT2D eigenvalue weighted by Crippen LogP contribution is 2.26. The first-order valence-electron chi connectivity index (χ1n) is 5.15. The van der Waals surface area contributed by atoms with E-state index in [1.807, 2.05) is 0 Å². The molecule has 0 spiro atoms. The van der Waals surface area contributed by atoms with Gasteiger partial charge in [0.15, 0.2) is 0 Å². The molecule has 0 aromatic heterocycles. The number of hydrogen-bond donors (Lipinski definition) is 1. The minimum Gasteiger partial charge on any atom is -0.255 e. The van der Waals surface area contributed by atoms with E-state index < -0.39 is 0 Å². The fraction of sp³-hybridized carbons (Fsp3) is 0.500. The lowest BCUT2D eigenvalue weighted by Gasteiger charge is -2.20. The number of hydrogen-bond acceptors (Lipinski definition) is 2. The molecule has 3 heteroatoms. The summed E-state index contributed by atoms with van der Waals surface area (Å²) in [5.41, 5.74) is 1.52. The fourth-order valence-electron chi connectivity index (χ4n) is 1.13. The largest absolute Gasteiger partial charge is 0.255 e. The van der Waals surface area contributed by atoms with Crippen molar-refractivity contribution in [1.82, 2.24) is 4.72 Å². The van der Waals surface area contributed by atoms with Gasteiger partial charge in [0.2, 0.25) is 0 Å². The molecule has 0 bridgehead atoms. The Labute approximate surface area is 105 Å². The maximum atomic E-state index is 3.50. The topological polar surface area (TPSA) is 12.0 Å². The molecule has 1 nitrogen and oxygen atoms in total. The van der Waals surface area contributed by atoms with Gasteiger partial charge in [-0.2, -0.15) is 0 Å². The van der Waals surface area contributed by atoms with Crippen molar-refractivity contribution in [3.8, 4) is 0 Å². The first-order chi connectivity index (χ1) is 6.92. The Morgan fingerprint density at radius 2 is 2.00 bits per heavy atom. The van der Waals surface area contributed by atoms with Gasteiger partial charge in [0.05, 0.1) is 0 Å². The monoisotopic (exact) mass is 287 g/mol. The zero-order chi connectivity index (χ0) is 11.5. The van der Waals surface area contributed by atoms with Crippen LogP contribution in [-0.2, 0) is 6.42 Å². The summed E-state index contributed by atoms with van der Waals surface area (Å²) in [6.45, 7) is 8.70. The van der Waals surface area contributed by atoms with E-state index in [1.54, 1.807) is 11.9 Å². The molecule has 0 aliphatic carbocycles. The predicted octanol–water partition coefficient (Wildman–Crippen LogP) is 4.41. The Balaban J connectivity index is 2.76. The molecule has 0 fully saturated rings. The molecule has 0 saturated heterocycles. The van der Waals surface area contributed by atoms with Crippen molar-refractivity contribution >= 4 is 27.9 Å². The van der Waals surface area contributed by atoms with Gasteiger partial charge < -0.3 is 0 Å². The van der Waals surface area contributed by atoms with Crippen LogP contribution in [0.2, 0.25) is 0 Å². The molecule has 84 valence electrons. The van der Waals surface area contributed by atoms with Gasteiger partial charge in [-0.05, 0) is 62.9 Å². The number of benzene rings is 1. The quantitative estimate of drug-likeness (QED) is 0.827. The van der Waals surface area contributed by atoms with Crippen LogP contribution >= 0.6 is 27.9 Å². The molecular formula is C12H18BrNS. The number of aryl methyl sites for hydroxylation is 1. The minimum atomic E-state index is 0.142. The van der Waals surface area contributed by atoms with Gasteiger partial charge in [-0.3, -0.25) is 4.72 Å². The highest BCUT2D eigenvalue weighted by molar-refractivity contribution is 9.10. The second-order valence-corrected chi connectivity index (χ2v) is 6.32. The predicted molar refractivity (Wildman–Crippen MR) is 72.3 cm³/mol. The summed E-state index contributed by atoms with van der Waals surface area (Å²) in [4.78, 5) is 1.32. The van der Waals surface area contributed by atoms with E-state index >= 15 is 0 Å². The molecule has 0 aliphatic rings. The molecule has 0 aliphatic heterocycles. The van der Waals surface area contributed by atoms with Gasteiger partial charge in [0.1, 0.15) is 0 Å². The van der Waals surface area contributed by atoms with E-state index in [2.05, 4.69) is 66.5 Å². The zero-order valence-electron chi connectivity index (χ0n) is 9.73. The number of rotatable bonds is 3. The second-order valence-electron chi connectivity index (χ2n) is 4.56. The van der Waals surface area contributed by atoms with Gasteiger partial charge in [-0.1, -0.05) is 22.9 Å². The van der Waals surface area contributed by atoms with Crippen LogP contribution in [0.1, 0.15) is 33.3 Å². The lowest BCUT2D eigenvalue weighted by Crippen LogP contribution is -2.29. The Morgan fingerprint density at radius 1 is 1.33 bits per heavy atom. The third kappa shape index (κ3) is 4.58. The molecule has 0 atom stereocenters. The van der Waals surface area contributed by atoms with Gasteiger partial charge in [-0.25, -0.2) is 0 Å². The molecule has 1 rings (SSSR count). The summed E-state index contributed by atoms with van der Waals surface area (Å²) in [6.07, 6.45) is 1.06. The summed E-state index contributed by atoms with van der Waals surface area (Å²) in [6, 6.07) is 6.44. The summed E-state index contributed by atoms with van der Waals surface area (Å²) >= 11 is 5.21. The third-order valence-corrected chi connectivity index (χ3v) is 3.70. The van der Waals surface area contributed by atoms with Crippen LogP contribution in [0.5, 0.6) is 0 Å². The third-order valence-electron chi connectivity index (χ3n) is 1.87. The highest BCUT2D eigenvalue weighted by atomic mass is 79.9. The maximum absolute atomic E-state index is 3.50. The summed E-state index contributed by atoms with van der Waals surface area (Å²) < 4.78 is 4.59. The van der Waals surface area contributed by atoms with Crippen molar-refractivity contribution in [3.05, 3.63) is 28.2 Å². The van der Waals surface area contributed by atoms with E-state index in [-0.39, 0.29) is 5.54 Å². The molecule has 0 radical (unpaired) electrons. The Hall–Kier alpha value is 0.01000. The van der Waals surface area contributed by atoms with Crippen molar-refractivity contribution in [2.75, 3.05) is 0 Å². The van der Waals surface area contributed by atoms with Crippen LogP contribution in [0.15, 0.2) is 27.6 Å². The molecule has 1 aromatic carbocycles. The normalized spacial score (nSPS) is 11.8. The van der Waals surface area contributed by atoms with Gasteiger partial charge in [0, 0.05) is 14.9 Å². The fourth-order valence-corrected chi connectivity index (χ4v) is 2.43. The van der Waals surface area contributed by atoms with Crippen LogP contribution in [0, 0.1) is 0 Å². The van der Waals surface area contributed by atoms with Crippen molar-refractivity contribution in [3.63, 3.8) is 0 Å². The highest BCUT2D eigenvalue weighted by Gasteiger charge is 2.10. The zero-order valence-corrected chi connectivity index (χ0v) is 12.1. The Morgan fingerprint density at radius 3 is 2.53 bits per heavy atom. The van der Waals surface area contributed by atoms with Crippen molar-refractivity contribution in [2.45, 2.75) is 44.6 Å². The minimum absolute atomic E-state index is 0.142. The average Bonchev–Trinajstić information content (AvgIpc) is 2.14. The van der Waals surface area contributed by atoms with E-state index in [9.17, 15) is 0 Å². The average molecular weight is 288 g/mol. The van der Waals surface area contributed by atoms with E-state index in [0.29, 0.717) is 0 Å². The lowest BCUT2D eigenvalue weighted by atomic mass is 10.1. The van der Waals surface area contributed by atoms with Crippen LogP contribution in [0.3, 0.4) is 0 Å². The molecule has 15 heavy (non-hydrogen) atoms. The number of halogens is 1. The summed E-state index contributed by atoms with van der Waals surface area (Å²) in [7, 11) is 0. The molecule has 0 unspecified atom stereocenters. The maximum Gasteiger partial charge on any atom is 0.0260 e. The van der Waals surface area contributed by atoms with Crippen LogP contribution in [0.4, 0.5) is 0 Å². The molecule has 1 aromatic rings. The first-order valence-corrected chi connectivity index (χ1v) is 6.76. The van der Waals surface area contributed by atoms with Crippen molar-refractivity contribution in [1.29, 1.82) is 0 Å². The SMILES string of the molecule is CCc1cc(Br)ccc1SNC(C)(C)C. The van der Waals surface area contributed by atoms with Crippen LogP contribution in [-0.4, -0.2) is 5.54 Å². The Bertz CT molecular complexity index is 331. The van der Waals surface area contributed by atoms with Gasteiger partial charge in [0.25, 0.3) is 0 Å². The van der Waals surface area contributed by atoms with Crippen LogP contribution in [0.25, 0.3) is 0 Å². The van der Waals surface area contributed by atoms with Crippen molar-refractivity contribution < 1.29 is 0 Å². The molecule has 0 heterocycles.